The summed E-state index contributed by atoms with van der Waals surface area (Å²) in [4.78, 5) is 28.0. The van der Waals surface area contributed by atoms with Gasteiger partial charge in [-0.15, -0.1) is 0 Å². The lowest BCUT2D eigenvalue weighted by atomic mass is 9.74. The number of nitrogens with one attached hydrogen (secondary N) is 1. The molecule has 2 aliphatic rings. The van der Waals surface area contributed by atoms with E-state index in [0.717, 1.165) is 42.4 Å². The minimum Gasteiger partial charge on any atom is -0.368 e. The number of hydrogen-bond donors (Lipinski definition) is 1. The van der Waals surface area contributed by atoms with Crippen molar-refractivity contribution in [2.24, 2.45) is 5.41 Å². The Morgan fingerprint density at radius 2 is 1.91 bits per heavy atom. The number of ether oxygens (including phenoxy) is 1. The molecule has 4 rings (SSSR count). The standard InChI is InChI=1S/C26H31FN2O3/c1-28-25(31)26(12-6-13-29(18-26)24(30)23-11-2-3-14-32-23)17-19-7-4-8-20(15-19)21-9-5-10-22(27)16-21/h4-5,7-10,15-16,23H,2-3,6,11-14,17-18H2,1H3,(H,28,31). The van der Waals surface area contributed by atoms with Gasteiger partial charge in [0.15, 0.2) is 0 Å². The second-order valence-electron chi connectivity index (χ2n) is 8.97. The number of likely N-dealkylation sites (tertiary alicyclic amines) is 1. The molecule has 2 aromatic rings. The molecule has 0 radical (unpaired) electrons. The molecule has 1 N–H and O–H groups in total. The highest BCUT2D eigenvalue weighted by Crippen LogP contribution is 2.36. The van der Waals surface area contributed by atoms with Crippen molar-refractivity contribution in [2.45, 2.75) is 44.6 Å². The molecule has 2 saturated heterocycles. The van der Waals surface area contributed by atoms with Crippen LogP contribution in [0.3, 0.4) is 0 Å². The molecule has 170 valence electrons. The highest BCUT2D eigenvalue weighted by Gasteiger charge is 2.44. The summed E-state index contributed by atoms with van der Waals surface area (Å²) in [6, 6.07) is 14.4. The lowest BCUT2D eigenvalue weighted by Crippen LogP contribution is -2.56. The Bertz CT molecular complexity index is 973. The van der Waals surface area contributed by atoms with Crippen molar-refractivity contribution in [2.75, 3.05) is 26.7 Å². The predicted octanol–water partition coefficient (Wildman–Crippen LogP) is 3.96. The van der Waals surface area contributed by atoms with Gasteiger partial charge >= 0.3 is 0 Å². The average Bonchev–Trinajstić information content (AvgIpc) is 2.84. The minimum absolute atomic E-state index is 0.00573. The van der Waals surface area contributed by atoms with E-state index in [-0.39, 0.29) is 23.7 Å². The molecule has 2 unspecified atom stereocenters. The summed E-state index contributed by atoms with van der Waals surface area (Å²) in [7, 11) is 1.65. The molecule has 2 heterocycles. The monoisotopic (exact) mass is 438 g/mol. The van der Waals surface area contributed by atoms with Gasteiger partial charge in [0, 0.05) is 26.7 Å². The maximum atomic E-state index is 13.7. The van der Waals surface area contributed by atoms with Gasteiger partial charge in [0.25, 0.3) is 5.91 Å². The van der Waals surface area contributed by atoms with E-state index in [1.54, 1.807) is 13.1 Å². The van der Waals surface area contributed by atoms with Gasteiger partial charge in [-0.25, -0.2) is 4.39 Å². The molecule has 0 spiro atoms. The van der Waals surface area contributed by atoms with Crippen LogP contribution in [0.4, 0.5) is 4.39 Å². The SMILES string of the molecule is CNC(=O)C1(Cc2cccc(-c3cccc(F)c3)c2)CCCN(C(=O)C2CCCCO2)C1. The Kier molecular flexibility index (Phi) is 6.89. The fourth-order valence-electron chi connectivity index (χ4n) is 5.05. The summed E-state index contributed by atoms with van der Waals surface area (Å²) in [6.07, 6.45) is 4.36. The minimum atomic E-state index is -0.697. The van der Waals surface area contributed by atoms with Crippen LogP contribution in [0.5, 0.6) is 0 Å². The molecule has 6 heteroatoms. The summed E-state index contributed by atoms with van der Waals surface area (Å²) in [6.45, 7) is 1.66. The van der Waals surface area contributed by atoms with Crippen molar-refractivity contribution in [3.05, 3.63) is 59.9 Å². The second kappa shape index (κ2) is 9.82. The van der Waals surface area contributed by atoms with Gasteiger partial charge in [-0.05, 0) is 67.3 Å². The number of nitrogens with zero attached hydrogens (tertiary/aromatic N) is 1. The van der Waals surface area contributed by atoms with Crippen molar-refractivity contribution in [3.8, 4) is 11.1 Å². The van der Waals surface area contributed by atoms with E-state index in [0.29, 0.717) is 32.5 Å². The Morgan fingerprint density at radius 3 is 2.62 bits per heavy atom. The van der Waals surface area contributed by atoms with Crippen molar-refractivity contribution in [1.82, 2.24) is 10.2 Å². The van der Waals surface area contributed by atoms with Crippen LogP contribution in [-0.2, 0) is 20.7 Å². The molecule has 0 aliphatic carbocycles. The van der Waals surface area contributed by atoms with E-state index < -0.39 is 5.41 Å². The van der Waals surface area contributed by atoms with Crippen LogP contribution in [-0.4, -0.2) is 49.6 Å². The van der Waals surface area contributed by atoms with Crippen LogP contribution < -0.4 is 5.32 Å². The Balaban J connectivity index is 1.57. The molecule has 2 aromatic carbocycles. The van der Waals surface area contributed by atoms with Gasteiger partial charge in [0.2, 0.25) is 5.91 Å². The van der Waals surface area contributed by atoms with E-state index >= 15 is 0 Å². The first-order valence-electron chi connectivity index (χ1n) is 11.5. The number of benzene rings is 2. The molecule has 5 nitrogen and oxygen atoms in total. The van der Waals surface area contributed by atoms with Crippen molar-refractivity contribution >= 4 is 11.8 Å². The van der Waals surface area contributed by atoms with Crippen LogP contribution in [0.15, 0.2) is 48.5 Å². The highest BCUT2D eigenvalue weighted by atomic mass is 19.1. The Hall–Kier alpha value is -2.73. The smallest absolute Gasteiger partial charge is 0.251 e. The Morgan fingerprint density at radius 1 is 1.12 bits per heavy atom. The summed E-state index contributed by atoms with van der Waals surface area (Å²) in [5.74, 6) is -0.317. The zero-order chi connectivity index (χ0) is 22.6. The molecule has 0 saturated carbocycles. The first-order valence-corrected chi connectivity index (χ1v) is 11.5. The molecule has 2 aliphatic heterocycles. The van der Waals surface area contributed by atoms with Gasteiger partial charge in [-0.1, -0.05) is 36.4 Å². The molecular formula is C26H31FN2O3. The largest absolute Gasteiger partial charge is 0.368 e. The number of carbonyl (C=O) groups excluding carboxylic acids is 2. The van der Waals surface area contributed by atoms with Crippen molar-refractivity contribution < 1.29 is 18.7 Å². The molecule has 0 bridgehead atoms. The van der Waals surface area contributed by atoms with Gasteiger partial charge in [0.05, 0.1) is 5.41 Å². The van der Waals surface area contributed by atoms with Gasteiger partial charge in [-0.3, -0.25) is 9.59 Å². The summed E-state index contributed by atoms with van der Waals surface area (Å²) < 4.78 is 19.4. The quantitative estimate of drug-likeness (QED) is 0.769. The van der Waals surface area contributed by atoms with E-state index in [2.05, 4.69) is 5.32 Å². The maximum absolute atomic E-state index is 13.7. The molecule has 0 aromatic heterocycles. The first-order chi connectivity index (χ1) is 15.5. The van der Waals surface area contributed by atoms with E-state index in [1.165, 1.54) is 12.1 Å². The van der Waals surface area contributed by atoms with Gasteiger partial charge in [-0.2, -0.15) is 0 Å². The number of rotatable bonds is 5. The highest BCUT2D eigenvalue weighted by molar-refractivity contribution is 5.86. The van der Waals surface area contributed by atoms with E-state index in [9.17, 15) is 14.0 Å². The zero-order valence-corrected chi connectivity index (χ0v) is 18.6. The van der Waals surface area contributed by atoms with E-state index in [4.69, 9.17) is 4.74 Å². The number of piperidine rings is 1. The maximum Gasteiger partial charge on any atom is 0.251 e. The number of amides is 2. The van der Waals surface area contributed by atoms with Crippen LogP contribution in [0, 0.1) is 11.2 Å². The summed E-state index contributed by atoms with van der Waals surface area (Å²) in [5, 5.41) is 2.83. The third-order valence-electron chi connectivity index (χ3n) is 6.68. The number of hydrogen-bond acceptors (Lipinski definition) is 3. The fourth-order valence-corrected chi connectivity index (χ4v) is 5.05. The molecular weight excluding hydrogens is 407 g/mol. The van der Waals surface area contributed by atoms with Crippen LogP contribution in [0.1, 0.15) is 37.7 Å². The number of carbonyl (C=O) groups is 2. The van der Waals surface area contributed by atoms with Crippen LogP contribution in [0.2, 0.25) is 0 Å². The van der Waals surface area contributed by atoms with Crippen molar-refractivity contribution in [3.63, 3.8) is 0 Å². The van der Waals surface area contributed by atoms with Crippen molar-refractivity contribution in [1.29, 1.82) is 0 Å². The number of halogens is 1. The predicted molar refractivity (Wildman–Crippen MR) is 121 cm³/mol. The van der Waals surface area contributed by atoms with Crippen LogP contribution >= 0.6 is 0 Å². The topological polar surface area (TPSA) is 58.6 Å². The average molecular weight is 439 g/mol. The lowest BCUT2D eigenvalue weighted by molar-refractivity contribution is -0.152. The van der Waals surface area contributed by atoms with Crippen LogP contribution in [0.25, 0.3) is 11.1 Å². The summed E-state index contributed by atoms with van der Waals surface area (Å²) in [5.41, 5.74) is 2.01. The second-order valence-corrected chi connectivity index (χ2v) is 8.97. The third kappa shape index (κ3) is 4.85. The summed E-state index contributed by atoms with van der Waals surface area (Å²) >= 11 is 0. The molecule has 32 heavy (non-hydrogen) atoms. The third-order valence-corrected chi connectivity index (χ3v) is 6.68. The normalized spacial score (nSPS) is 23.6. The Labute approximate surface area is 188 Å². The zero-order valence-electron chi connectivity index (χ0n) is 18.6. The molecule has 2 atom stereocenters. The first kappa shape index (κ1) is 22.5. The lowest BCUT2D eigenvalue weighted by Gasteiger charge is -2.43. The molecule has 2 amide bonds. The molecule has 2 fully saturated rings. The van der Waals surface area contributed by atoms with E-state index in [1.807, 2.05) is 35.2 Å². The van der Waals surface area contributed by atoms with Gasteiger partial charge < -0.3 is 15.0 Å². The fraction of sp³-hybridized carbons (Fsp3) is 0.462. The van der Waals surface area contributed by atoms with Gasteiger partial charge in [0.1, 0.15) is 11.9 Å².